The highest BCUT2D eigenvalue weighted by Crippen LogP contribution is 2.36. The summed E-state index contributed by atoms with van der Waals surface area (Å²) in [6.07, 6.45) is 7.70. The minimum absolute atomic E-state index is 0.218. The number of anilines is 4. The van der Waals surface area contributed by atoms with Crippen LogP contribution in [-0.2, 0) is 6.42 Å². The molecule has 0 amide bonds. The molecule has 3 aromatic rings. The molecule has 9 nitrogen and oxygen atoms in total. The number of aromatic nitrogens is 3. The Morgan fingerprint density at radius 2 is 1.91 bits per heavy atom. The maximum atomic E-state index is 6.15. The van der Waals surface area contributed by atoms with Gasteiger partial charge in [-0.15, -0.1) is 0 Å². The van der Waals surface area contributed by atoms with Crippen molar-refractivity contribution in [2.45, 2.75) is 37.8 Å². The Morgan fingerprint density at radius 1 is 1.03 bits per heavy atom. The van der Waals surface area contributed by atoms with E-state index in [-0.39, 0.29) is 6.10 Å². The van der Waals surface area contributed by atoms with Crippen LogP contribution in [0.2, 0.25) is 0 Å². The van der Waals surface area contributed by atoms with Crippen LogP contribution in [0, 0.1) is 0 Å². The zero-order valence-electron chi connectivity index (χ0n) is 19.7. The summed E-state index contributed by atoms with van der Waals surface area (Å²) in [7, 11) is 5.86. The van der Waals surface area contributed by atoms with Crippen LogP contribution < -0.4 is 24.8 Å². The highest BCUT2D eigenvalue weighted by atomic mass is 16.5. The van der Waals surface area contributed by atoms with E-state index in [2.05, 4.69) is 50.6 Å². The average molecular weight is 463 g/mol. The van der Waals surface area contributed by atoms with Gasteiger partial charge in [0.05, 0.1) is 25.6 Å². The van der Waals surface area contributed by atoms with Crippen molar-refractivity contribution in [2.75, 3.05) is 38.4 Å². The van der Waals surface area contributed by atoms with Crippen molar-refractivity contribution < 1.29 is 14.2 Å². The molecule has 0 atom stereocenters. The molecule has 1 aliphatic heterocycles. The number of nitrogens with one attached hydrogen (secondary N) is 2. The first-order valence-corrected chi connectivity index (χ1v) is 11.6. The van der Waals surface area contributed by atoms with Crippen molar-refractivity contribution in [1.29, 1.82) is 0 Å². The van der Waals surface area contributed by atoms with E-state index in [0.717, 1.165) is 60.9 Å². The number of methoxy groups -OCH3 is 1. The van der Waals surface area contributed by atoms with E-state index in [9.17, 15) is 0 Å². The molecule has 0 unspecified atom stereocenters. The molecule has 0 bridgehead atoms. The molecule has 9 heteroatoms. The minimum Gasteiger partial charge on any atom is -0.493 e. The second-order valence-corrected chi connectivity index (χ2v) is 8.85. The third kappa shape index (κ3) is 4.99. The highest BCUT2D eigenvalue weighted by Gasteiger charge is 2.32. The molecular weight excluding hydrogens is 432 g/mol. The van der Waals surface area contributed by atoms with Gasteiger partial charge in [0, 0.05) is 29.6 Å². The van der Waals surface area contributed by atoms with E-state index in [0.29, 0.717) is 23.6 Å². The number of pyridine rings is 1. The molecule has 3 heterocycles. The van der Waals surface area contributed by atoms with E-state index in [1.165, 1.54) is 0 Å². The quantitative estimate of drug-likeness (QED) is 0.512. The molecule has 5 rings (SSSR count). The summed E-state index contributed by atoms with van der Waals surface area (Å²) in [6.45, 7) is 0.725. The highest BCUT2D eigenvalue weighted by molar-refractivity contribution is 5.62. The number of hydrogen-bond donors (Lipinski definition) is 2. The third-order valence-electron chi connectivity index (χ3n) is 6.20. The first kappa shape index (κ1) is 22.2. The van der Waals surface area contributed by atoms with Crippen LogP contribution in [0.3, 0.4) is 0 Å². The lowest BCUT2D eigenvalue weighted by Gasteiger charge is -2.39. The van der Waals surface area contributed by atoms with E-state index >= 15 is 0 Å². The Morgan fingerprint density at radius 3 is 2.74 bits per heavy atom. The van der Waals surface area contributed by atoms with Crippen molar-refractivity contribution in [1.82, 2.24) is 19.9 Å². The molecule has 2 aromatic heterocycles. The Bertz CT molecular complexity index is 1150. The molecule has 0 saturated heterocycles. The van der Waals surface area contributed by atoms with Crippen molar-refractivity contribution in [2.24, 2.45) is 0 Å². The smallest absolute Gasteiger partial charge is 0.229 e. The van der Waals surface area contributed by atoms with E-state index in [4.69, 9.17) is 14.2 Å². The van der Waals surface area contributed by atoms with Crippen LogP contribution in [0.5, 0.6) is 17.4 Å². The fraction of sp³-hybridized carbons (Fsp3) is 0.400. The summed E-state index contributed by atoms with van der Waals surface area (Å²) in [5.41, 5.74) is 2.79. The molecule has 1 aromatic carbocycles. The molecule has 1 aliphatic carbocycles. The van der Waals surface area contributed by atoms with Crippen molar-refractivity contribution >= 4 is 23.1 Å². The number of nitrogens with zero attached hydrogens (tertiary/aromatic N) is 4. The third-order valence-corrected chi connectivity index (χ3v) is 6.20. The molecule has 1 fully saturated rings. The van der Waals surface area contributed by atoms with Gasteiger partial charge >= 0.3 is 0 Å². The predicted octanol–water partition coefficient (Wildman–Crippen LogP) is 4.16. The number of fused-ring (bicyclic) bond motifs is 1. The van der Waals surface area contributed by atoms with Gasteiger partial charge in [0.1, 0.15) is 11.9 Å². The molecule has 1 saturated carbocycles. The lowest BCUT2D eigenvalue weighted by atomic mass is 9.88. The molecule has 0 spiro atoms. The van der Waals surface area contributed by atoms with Crippen LogP contribution >= 0.6 is 0 Å². The van der Waals surface area contributed by atoms with Gasteiger partial charge in [0.25, 0.3) is 0 Å². The van der Waals surface area contributed by atoms with E-state index < -0.39 is 0 Å². The maximum absolute atomic E-state index is 6.15. The van der Waals surface area contributed by atoms with E-state index in [1.54, 1.807) is 19.5 Å². The van der Waals surface area contributed by atoms with Gasteiger partial charge in [0.15, 0.2) is 11.5 Å². The molecule has 34 heavy (non-hydrogen) atoms. The number of rotatable bonds is 8. The first-order valence-electron chi connectivity index (χ1n) is 11.6. The average Bonchev–Trinajstić information content (AvgIpc) is 2.81. The minimum atomic E-state index is 0.218. The molecule has 2 N–H and O–H groups in total. The topological polar surface area (TPSA) is 93.7 Å². The predicted molar refractivity (Wildman–Crippen MR) is 131 cm³/mol. The van der Waals surface area contributed by atoms with Crippen LogP contribution in [0.15, 0.2) is 42.7 Å². The second kappa shape index (κ2) is 9.72. The Labute approximate surface area is 199 Å². The molecule has 178 valence electrons. The monoisotopic (exact) mass is 462 g/mol. The standard InChI is InChI=1S/C25H30N6O3/c1-31(2)19-13-20(14-19)34-21-7-6-17(12-22(21)32-3)29-25-26-9-8-23(30-25)28-18-11-16-5-4-10-33-24(16)27-15-18/h6-9,11-12,15,19-20H,4-5,10,13-14H2,1-3H3,(H2,26,28,29,30). The Hall–Kier alpha value is -3.59. The number of hydrogen-bond acceptors (Lipinski definition) is 9. The summed E-state index contributed by atoms with van der Waals surface area (Å²) in [5, 5.41) is 6.55. The summed E-state index contributed by atoms with van der Waals surface area (Å²) in [5.74, 6) is 3.29. The van der Waals surface area contributed by atoms with Crippen molar-refractivity contribution in [3.8, 4) is 17.4 Å². The summed E-state index contributed by atoms with van der Waals surface area (Å²) in [4.78, 5) is 15.6. The van der Waals surface area contributed by atoms with Crippen LogP contribution in [0.4, 0.5) is 23.1 Å². The largest absolute Gasteiger partial charge is 0.493 e. The lowest BCUT2D eigenvalue weighted by molar-refractivity contribution is 0.0383. The van der Waals surface area contributed by atoms with Crippen molar-refractivity contribution in [3.63, 3.8) is 0 Å². The van der Waals surface area contributed by atoms with Gasteiger partial charge in [0.2, 0.25) is 11.8 Å². The fourth-order valence-corrected chi connectivity index (χ4v) is 4.15. The SMILES string of the molecule is COc1cc(Nc2nccc(Nc3cnc4c(c3)CCCO4)n2)ccc1OC1CC(N(C)C)C1. The Kier molecular flexibility index (Phi) is 6.35. The van der Waals surface area contributed by atoms with Crippen LogP contribution in [0.1, 0.15) is 24.8 Å². The normalized spacial score (nSPS) is 18.9. The number of aryl methyl sites for hydroxylation is 1. The van der Waals surface area contributed by atoms with Crippen LogP contribution in [-0.4, -0.2) is 59.8 Å². The first-order chi connectivity index (χ1) is 16.6. The van der Waals surface area contributed by atoms with Crippen molar-refractivity contribution in [3.05, 3.63) is 48.3 Å². The van der Waals surface area contributed by atoms with Gasteiger partial charge in [-0.2, -0.15) is 4.98 Å². The van der Waals surface area contributed by atoms with Crippen LogP contribution in [0.25, 0.3) is 0 Å². The summed E-state index contributed by atoms with van der Waals surface area (Å²) in [6, 6.07) is 10.2. The zero-order valence-corrected chi connectivity index (χ0v) is 19.7. The Balaban J connectivity index is 1.24. The lowest BCUT2D eigenvalue weighted by Crippen LogP contribution is -2.46. The fourth-order valence-electron chi connectivity index (χ4n) is 4.15. The second-order valence-electron chi connectivity index (χ2n) is 8.85. The van der Waals surface area contributed by atoms with E-state index in [1.807, 2.05) is 24.3 Å². The van der Waals surface area contributed by atoms with Gasteiger partial charge in [-0.3, -0.25) is 0 Å². The number of benzene rings is 1. The van der Waals surface area contributed by atoms with Gasteiger partial charge in [-0.1, -0.05) is 0 Å². The maximum Gasteiger partial charge on any atom is 0.229 e. The summed E-state index contributed by atoms with van der Waals surface area (Å²) >= 11 is 0. The van der Waals surface area contributed by atoms with Gasteiger partial charge in [-0.25, -0.2) is 9.97 Å². The summed E-state index contributed by atoms with van der Waals surface area (Å²) < 4.78 is 17.3. The zero-order chi connectivity index (χ0) is 23.5. The van der Waals surface area contributed by atoms with Gasteiger partial charge < -0.3 is 29.7 Å². The van der Waals surface area contributed by atoms with Gasteiger partial charge in [-0.05, 0) is 64.0 Å². The number of ether oxygens (including phenoxy) is 3. The molecule has 2 aliphatic rings. The molecular formula is C25H30N6O3. The molecule has 0 radical (unpaired) electrons.